The van der Waals surface area contributed by atoms with Gasteiger partial charge in [0.2, 0.25) is 16.9 Å². The van der Waals surface area contributed by atoms with E-state index in [1.165, 1.54) is 23.1 Å². The molecule has 8 nitrogen and oxygen atoms in total. The first-order chi connectivity index (χ1) is 14.1. The summed E-state index contributed by atoms with van der Waals surface area (Å²) >= 11 is 2.86. The van der Waals surface area contributed by atoms with Crippen molar-refractivity contribution in [1.29, 1.82) is 0 Å². The van der Waals surface area contributed by atoms with E-state index in [1.54, 1.807) is 12.3 Å². The van der Waals surface area contributed by atoms with E-state index in [1.807, 2.05) is 11.0 Å². The molecule has 158 valence electrons. The molecular formula is C19H27N5O3S2. The fourth-order valence-electron chi connectivity index (χ4n) is 3.18. The highest BCUT2D eigenvalue weighted by atomic mass is 32.2. The topological polar surface area (TPSA) is 91.6 Å². The van der Waals surface area contributed by atoms with E-state index >= 15 is 0 Å². The van der Waals surface area contributed by atoms with Crippen LogP contribution < -0.4 is 10.2 Å². The number of furan rings is 1. The Morgan fingerprint density at radius 1 is 1.24 bits per heavy atom. The molecule has 0 aromatic carbocycles. The van der Waals surface area contributed by atoms with Crippen LogP contribution in [0, 0.1) is 5.92 Å². The molecule has 2 aromatic heterocycles. The predicted molar refractivity (Wildman–Crippen MR) is 114 cm³/mol. The molecule has 29 heavy (non-hydrogen) atoms. The summed E-state index contributed by atoms with van der Waals surface area (Å²) in [6, 6.07) is 3.61. The van der Waals surface area contributed by atoms with Crippen molar-refractivity contribution in [1.82, 2.24) is 20.4 Å². The SMILES string of the molecule is CCC(CC)C(=O)N1CCN(c2nnc(SCC(=O)NCc3ccco3)s2)CC1. The Kier molecular flexibility index (Phi) is 7.93. The third-order valence-electron chi connectivity index (χ3n) is 4.96. The molecule has 0 aliphatic carbocycles. The van der Waals surface area contributed by atoms with Crippen LogP contribution in [0.5, 0.6) is 0 Å². The van der Waals surface area contributed by atoms with Gasteiger partial charge in [-0.25, -0.2) is 0 Å². The minimum absolute atomic E-state index is 0.0725. The van der Waals surface area contributed by atoms with Gasteiger partial charge in [-0.15, -0.1) is 10.2 Å². The number of amides is 2. The molecule has 1 aliphatic rings. The van der Waals surface area contributed by atoms with Crippen molar-refractivity contribution in [2.24, 2.45) is 5.92 Å². The smallest absolute Gasteiger partial charge is 0.230 e. The highest BCUT2D eigenvalue weighted by molar-refractivity contribution is 8.01. The summed E-state index contributed by atoms with van der Waals surface area (Å²) in [7, 11) is 0. The van der Waals surface area contributed by atoms with E-state index < -0.39 is 0 Å². The standard InChI is InChI=1S/C19H27N5O3S2/c1-3-14(4-2)17(26)23-7-9-24(10-8-23)18-21-22-19(29-18)28-13-16(25)20-12-15-6-5-11-27-15/h5-6,11,14H,3-4,7-10,12-13H2,1-2H3,(H,20,25). The molecule has 0 spiro atoms. The van der Waals surface area contributed by atoms with Crippen molar-refractivity contribution in [2.75, 3.05) is 36.8 Å². The second kappa shape index (κ2) is 10.6. The first-order valence-electron chi connectivity index (χ1n) is 9.89. The van der Waals surface area contributed by atoms with Gasteiger partial charge in [0.25, 0.3) is 0 Å². The summed E-state index contributed by atoms with van der Waals surface area (Å²) < 4.78 is 5.96. The van der Waals surface area contributed by atoms with Crippen LogP contribution in [0.4, 0.5) is 5.13 Å². The van der Waals surface area contributed by atoms with Gasteiger partial charge < -0.3 is 19.5 Å². The van der Waals surface area contributed by atoms with Crippen molar-refractivity contribution < 1.29 is 14.0 Å². The molecule has 1 saturated heterocycles. The number of carbonyl (C=O) groups excluding carboxylic acids is 2. The average Bonchev–Trinajstić information content (AvgIpc) is 3.44. The lowest BCUT2D eigenvalue weighted by Crippen LogP contribution is -2.50. The molecule has 1 aliphatic heterocycles. The Morgan fingerprint density at radius 3 is 2.66 bits per heavy atom. The minimum atomic E-state index is -0.0725. The zero-order chi connectivity index (χ0) is 20.6. The number of thioether (sulfide) groups is 1. The second-order valence-corrected chi connectivity index (χ2v) is 9.00. The van der Waals surface area contributed by atoms with Gasteiger partial charge in [0.15, 0.2) is 4.34 Å². The number of nitrogens with zero attached hydrogens (tertiary/aromatic N) is 4. The summed E-state index contributed by atoms with van der Waals surface area (Å²) in [5, 5.41) is 12.1. The fourth-order valence-corrected chi connectivity index (χ4v) is 4.90. The Morgan fingerprint density at radius 2 is 2.00 bits per heavy atom. The lowest BCUT2D eigenvalue weighted by Gasteiger charge is -2.35. The van der Waals surface area contributed by atoms with Crippen molar-refractivity contribution in [2.45, 2.75) is 37.6 Å². The summed E-state index contributed by atoms with van der Waals surface area (Å²) in [5.74, 6) is 1.33. The second-order valence-electron chi connectivity index (χ2n) is 6.82. The molecule has 2 aromatic rings. The van der Waals surface area contributed by atoms with Gasteiger partial charge in [-0.3, -0.25) is 9.59 Å². The van der Waals surface area contributed by atoms with E-state index in [2.05, 4.69) is 34.3 Å². The molecular weight excluding hydrogens is 410 g/mol. The molecule has 3 heterocycles. The number of hydrogen-bond acceptors (Lipinski definition) is 8. The van der Waals surface area contributed by atoms with Crippen molar-refractivity contribution in [3.8, 4) is 0 Å². The van der Waals surface area contributed by atoms with Gasteiger partial charge in [-0.2, -0.15) is 0 Å². The molecule has 0 atom stereocenters. The van der Waals surface area contributed by atoms with Crippen LogP contribution in [0.2, 0.25) is 0 Å². The van der Waals surface area contributed by atoms with Crippen molar-refractivity contribution >= 4 is 40.0 Å². The number of hydrogen-bond donors (Lipinski definition) is 1. The maximum absolute atomic E-state index is 12.5. The number of nitrogens with one attached hydrogen (secondary N) is 1. The number of rotatable bonds is 9. The Bertz CT molecular complexity index is 784. The average molecular weight is 438 g/mol. The highest BCUT2D eigenvalue weighted by Gasteiger charge is 2.26. The Hall–Kier alpha value is -2.07. The maximum Gasteiger partial charge on any atom is 0.230 e. The first kappa shape index (κ1) is 21.6. The Balaban J connectivity index is 1.42. The molecule has 10 heteroatoms. The molecule has 1 N–H and O–H groups in total. The van der Waals surface area contributed by atoms with Gasteiger partial charge in [0.1, 0.15) is 5.76 Å². The fraction of sp³-hybridized carbons (Fsp3) is 0.579. The van der Waals surface area contributed by atoms with Crippen LogP contribution >= 0.6 is 23.1 Å². The van der Waals surface area contributed by atoms with E-state index in [4.69, 9.17) is 4.42 Å². The van der Waals surface area contributed by atoms with Gasteiger partial charge >= 0.3 is 0 Å². The summed E-state index contributed by atoms with van der Waals surface area (Å²) in [6.45, 7) is 7.47. The largest absolute Gasteiger partial charge is 0.467 e. The molecule has 2 amide bonds. The van der Waals surface area contributed by atoms with Crippen LogP contribution in [0.25, 0.3) is 0 Å². The lowest BCUT2D eigenvalue weighted by atomic mass is 10.0. The Labute approximate surface area is 179 Å². The molecule has 0 radical (unpaired) electrons. The first-order valence-corrected chi connectivity index (χ1v) is 11.7. The lowest BCUT2D eigenvalue weighted by molar-refractivity contribution is -0.136. The number of carbonyl (C=O) groups is 2. The number of anilines is 1. The highest BCUT2D eigenvalue weighted by Crippen LogP contribution is 2.28. The van der Waals surface area contributed by atoms with Crippen LogP contribution in [-0.4, -0.2) is 58.8 Å². The van der Waals surface area contributed by atoms with E-state index in [0.29, 0.717) is 19.6 Å². The zero-order valence-electron chi connectivity index (χ0n) is 16.8. The summed E-state index contributed by atoms with van der Waals surface area (Å²) in [5.41, 5.74) is 0. The van der Waals surface area contributed by atoms with Crippen molar-refractivity contribution in [3.05, 3.63) is 24.2 Å². The van der Waals surface area contributed by atoms with E-state index in [0.717, 1.165) is 41.2 Å². The number of aromatic nitrogens is 2. The third kappa shape index (κ3) is 5.96. The van der Waals surface area contributed by atoms with E-state index in [9.17, 15) is 9.59 Å². The van der Waals surface area contributed by atoms with Gasteiger partial charge in [0, 0.05) is 32.1 Å². The summed E-state index contributed by atoms with van der Waals surface area (Å²) in [6.07, 6.45) is 3.36. The van der Waals surface area contributed by atoms with Gasteiger partial charge in [-0.1, -0.05) is 36.9 Å². The van der Waals surface area contributed by atoms with Crippen LogP contribution in [-0.2, 0) is 16.1 Å². The van der Waals surface area contributed by atoms with Gasteiger partial charge in [-0.05, 0) is 25.0 Å². The quantitative estimate of drug-likeness (QED) is 0.603. The predicted octanol–water partition coefficient (Wildman–Crippen LogP) is 2.62. The third-order valence-corrected chi connectivity index (χ3v) is 7.08. The molecule has 0 bridgehead atoms. The van der Waals surface area contributed by atoms with Crippen LogP contribution in [0.1, 0.15) is 32.4 Å². The number of piperazine rings is 1. The van der Waals surface area contributed by atoms with Crippen LogP contribution in [0.15, 0.2) is 27.2 Å². The van der Waals surface area contributed by atoms with Crippen LogP contribution in [0.3, 0.4) is 0 Å². The molecule has 0 unspecified atom stereocenters. The van der Waals surface area contributed by atoms with E-state index in [-0.39, 0.29) is 23.5 Å². The molecule has 1 fully saturated rings. The summed E-state index contributed by atoms with van der Waals surface area (Å²) in [4.78, 5) is 28.6. The van der Waals surface area contributed by atoms with Crippen molar-refractivity contribution in [3.63, 3.8) is 0 Å². The molecule has 3 rings (SSSR count). The maximum atomic E-state index is 12.5. The minimum Gasteiger partial charge on any atom is -0.467 e. The molecule has 0 saturated carbocycles. The zero-order valence-corrected chi connectivity index (χ0v) is 18.4. The van der Waals surface area contributed by atoms with Gasteiger partial charge in [0.05, 0.1) is 18.6 Å². The normalized spacial score (nSPS) is 14.4. The monoisotopic (exact) mass is 437 g/mol.